The Labute approximate surface area is 122 Å². The summed E-state index contributed by atoms with van der Waals surface area (Å²) in [6.07, 6.45) is 2.58. The van der Waals surface area contributed by atoms with Crippen molar-refractivity contribution in [2.24, 2.45) is 5.84 Å². The monoisotopic (exact) mass is 328 g/mol. The first kappa shape index (κ1) is 14.9. The van der Waals surface area contributed by atoms with Crippen molar-refractivity contribution in [3.63, 3.8) is 0 Å². The molecule has 1 fully saturated rings. The van der Waals surface area contributed by atoms with Crippen LogP contribution in [0.5, 0.6) is 0 Å². The molecule has 3 N–H and O–H groups in total. The summed E-state index contributed by atoms with van der Waals surface area (Å²) in [5, 5.41) is 0. The molecule has 1 aliphatic rings. The molecule has 1 saturated heterocycles. The number of methoxy groups -OCH3 is 1. The van der Waals surface area contributed by atoms with Crippen molar-refractivity contribution >= 4 is 15.9 Å². The van der Waals surface area contributed by atoms with Gasteiger partial charge in [-0.25, -0.2) is 0 Å². The third-order valence-corrected chi connectivity index (χ3v) is 4.46. The highest BCUT2D eigenvalue weighted by molar-refractivity contribution is 9.10. The van der Waals surface area contributed by atoms with Crippen LogP contribution < -0.4 is 11.3 Å². The molecule has 2 rings (SSSR count). The lowest BCUT2D eigenvalue weighted by atomic mass is 9.83. The summed E-state index contributed by atoms with van der Waals surface area (Å²) in [5.41, 5.74) is 3.94. The molecule has 1 unspecified atom stereocenters. The predicted molar refractivity (Wildman–Crippen MR) is 78.8 cm³/mol. The zero-order valence-electron chi connectivity index (χ0n) is 11.2. The average molecular weight is 329 g/mol. The van der Waals surface area contributed by atoms with E-state index >= 15 is 0 Å². The Morgan fingerprint density at radius 1 is 1.37 bits per heavy atom. The fourth-order valence-corrected chi connectivity index (χ4v) is 2.93. The second-order valence-corrected chi connectivity index (χ2v) is 5.85. The Morgan fingerprint density at radius 2 is 2.00 bits per heavy atom. The molecule has 19 heavy (non-hydrogen) atoms. The maximum absolute atomic E-state index is 5.80. The Balaban J connectivity index is 2.11. The van der Waals surface area contributed by atoms with E-state index in [9.17, 15) is 0 Å². The van der Waals surface area contributed by atoms with Gasteiger partial charge in [0.05, 0.1) is 11.6 Å². The maximum atomic E-state index is 5.80. The van der Waals surface area contributed by atoms with E-state index in [4.69, 9.17) is 15.3 Å². The lowest BCUT2D eigenvalue weighted by Gasteiger charge is -2.42. The number of hydrazine groups is 1. The number of benzene rings is 1. The molecule has 0 saturated carbocycles. The largest absolute Gasteiger partial charge is 0.381 e. The molecule has 1 aromatic rings. The van der Waals surface area contributed by atoms with Crippen molar-refractivity contribution in [3.05, 3.63) is 34.3 Å². The molecule has 1 aliphatic heterocycles. The Bertz CT molecular complexity index is 391. The number of hydrogen-bond acceptors (Lipinski definition) is 4. The van der Waals surface area contributed by atoms with Gasteiger partial charge in [-0.3, -0.25) is 11.3 Å². The lowest BCUT2D eigenvalue weighted by molar-refractivity contribution is -0.110. The first-order valence-electron chi connectivity index (χ1n) is 6.54. The van der Waals surface area contributed by atoms with E-state index in [2.05, 4.69) is 33.5 Å². The lowest BCUT2D eigenvalue weighted by Crippen LogP contribution is -2.58. The minimum atomic E-state index is -0.236. The number of halogens is 1. The van der Waals surface area contributed by atoms with E-state index in [-0.39, 0.29) is 11.6 Å². The average Bonchev–Trinajstić information content (AvgIpc) is 2.47. The summed E-state index contributed by atoms with van der Waals surface area (Å²) in [6.45, 7) is 1.46. The maximum Gasteiger partial charge on any atom is 0.0891 e. The zero-order chi connectivity index (χ0) is 13.7. The van der Waals surface area contributed by atoms with Gasteiger partial charge in [-0.15, -0.1) is 0 Å². The van der Waals surface area contributed by atoms with E-state index in [1.807, 2.05) is 12.1 Å². The van der Waals surface area contributed by atoms with Crippen LogP contribution in [0.3, 0.4) is 0 Å². The molecule has 5 heteroatoms. The van der Waals surface area contributed by atoms with Gasteiger partial charge in [-0.05, 0) is 24.1 Å². The molecule has 106 valence electrons. The van der Waals surface area contributed by atoms with Gasteiger partial charge >= 0.3 is 0 Å². The number of nitrogens with two attached hydrogens (primary N) is 1. The van der Waals surface area contributed by atoms with E-state index in [1.54, 1.807) is 7.11 Å². The van der Waals surface area contributed by atoms with E-state index in [1.165, 1.54) is 5.56 Å². The molecule has 0 aromatic heterocycles. The minimum Gasteiger partial charge on any atom is -0.381 e. The fraction of sp³-hybridized carbons (Fsp3) is 0.571. The van der Waals surface area contributed by atoms with E-state index < -0.39 is 0 Å². The van der Waals surface area contributed by atoms with Gasteiger partial charge in [0.2, 0.25) is 0 Å². The van der Waals surface area contributed by atoms with Crippen LogP contribution in [0.4, 0.5) is 0 Å². The first-order chi connectivity index (χ1) is 9.20. The van der Waals surface area contributed by atoms with Crippen LogP contribution in [0, 0.1) is 0 Å². The van der Waals surface area contributed by atoms with Crippen LogP contribution in [0.2, 0.25) is 0 Å². The van der Waals surface area contributed by atoms with E-state index in [0.29, 0.717) is 0 Å². The molecule has 0 aliphatic carbocycles. The molecule has 0 spiro atoms. The standard InChI is InChI=1S/C14H21BrN2O2/c1-18-14(6-8-19-9-7-14)13(17-16)10-11-2-4-12(15)5-3-11/h2-5,13,17H,6-10,16H2,1H3. The smallest absolute Gasteiger partial charge is 0.0891 e. The van der Waals surface area contributed by atoms with Crippen LogP contribution >= 0.6 is 15.9 Å². The third kappa shape index (κ3) is 3.55. The van der Waals surface area contributed by atoms with Crippen molar-refractivity contribution in [1.29, 1.82) is 0 Å². The summed E-state index contributed by atoms with van der Waals surface area (Å²) in [5.74, 6) is 5.76. The van der Waals surface area contributed by atoms with Gasteiger partial charge in [0.25, 0.3) is 0 Å². The number of nitrogens with one attached hydrogen (secondary N) is 1. The van der Waals surface area contributed by atoms with Gasteiger partial charge in [0.1, 0.15) is 0 Å². The minimum absolute atomic E-state index is 0.0857. The van der Waals surface area contributed by atoms with Crippen molar-refractivity contribution in [2.75, 3.05) is 20.3 Å². The summed E-state index contributed by atoms with van der Waals surface area (Å²) in [6, 6.07) is 8.40. The second-order valence-electron chi connectivity index (χ2n) is 4.93. The van der Waals surface area contributed by atoms with Gasteiger partial charge in [0, 0.05) is 37.6 Å². The van der Waals surface area contributed by atoms with Crippen LogP contribution in [-0.4, -0.2) is 32.0 Å². The Kier molecular flexibility index (Phi) is 5.36. The Hall–Kier alpha value is -0.460. The highest BCUT2D eigenvalue weighted by Crippen LogP contribution is 2.30. The molecule has 0 bridgehead atoms. The first-order valence-corrected chi connectivity index (χ1v) is 7.33. The number of hydrogen-bond donors (Lipinski definition) is 2. The molecule has 0 amide bonds. The van der Waals surface area contributed by atoms with Gasteiger partial charge < -0.3 is 9.47 Å². The molecule has 1 atom stereocenters. The molecular weight excluding hydrogens is 308 g/mol. The normalized spacial score (nSPS) is 20.2. The predicted octanol–water partition coefficient (Wildman–Crippen LogP) is 2.02. The van der Waals surface area contributed by atoms with Crippen LogP contribution in [0.1, 0.15) is 18.4 Å². The summed E-state index contributed by atoms with van der Waals surface area (Å²) in [4.78, 5) is 0. The van der Waals surface area contributed by atoms with Gasteiger partial charge in [-0.1, -0.05) is 28.1 Å². The van der Waals surface area contributed by atoms with Crippen molar-refractivity contribution in [1.82, 2.24) is 5.43 Å². The number of rotatable bonds is 5. The van der Waals surface area contributed by atoms with Crippen LogP contribution in [-0.2, 0) is 15.9 Å². The molecule has 1 heterocycles. The summed E-state index contributed by atoms with van der Waals surface area (Å²) >= 11 is 3.45. The molecular formula is C14H21BrN2O2. The molecule has 0 radical (unpaired) electrons. The second kappa shape index (κ2) is 6.81. The summed E-state index contributed by atoms with van der Waals surface area (Å²) in [7, 11) is 1.76. The summed E-state index contributed by atoms with van der Waals surface area (Å²) < 4.78 is 12.3. The van der Waals surface area contributed by atoms with E-state index in [0.717, 1.165) is 36.9 Å². The van der Waals surface area contributed by atoms with Gasteiger partial charge in [-0.2, -0.15) is 0 Å². The topological polar surface area (TPSA) is 56.5 Å². The van der Waals surface area contributed by atoms with Crippen molar-refractivity contribution in [2.45, 2.75) is 30.9 Å². The Morgan fingerprint density at radius 3 is 2.53 bits per heavy atom. The third-order valence-electron chi connectivity index (χ3n) is 3.94. The van der Waals surface area contributed by atoms with Gasteiger partial charge in [0.15, 0.2) is 0 Å². The number of ether oxygens (including phenoxy) is 2. The highest BCUT2D eigenvalue weighted by atomic mass is 79.9. The highest BCUT2D eigenvalue weighted by Gasteiger charge is 2.40. The zero-order valence-corrected chi connectivity index (χ0v) is 12.8. The SMILES string of the molecule is COC1(C(Cc2ccc(Br)cc2)NN)CCOCC1. The quantitative estimate of drug-likeness (QED) is 0.641. The van der Waals surface area contributed by atoms with Crippen LogP contribution in [0.15, 0.2) is 28.7 Å². The molecule has 1 aromatic carbocycles. The van der Waals surface area contributed by atoms with Crippen molar-refractivity contribution < 1.29 is 9.47 Å². The molecule has 4 nitrogen and oxygen atoms in total. The van der Waals surface area contributed by atoms with Crippen molar-refractivity contribution in [3.8, 4) is 0 Å². The fourth-order valence-electron chi connectivity index (χ4n) is 2.66. The van der Waals surface area contributed by atoms with Crippen LogP contribution in [0.25, 0.3) is 0 Å².